The molecule has 1 aliphatic heterocycles. The van der Waals surface area contributed by atoms with E-state index in [1.165, 1.54) is 38.2 Å². The summed E-state index contributed by atoms with van der Waals surface area (Å²) >= 11 is 0. The molecule has 8 nitrogen and oxygen atoms in total. The SMILES string of the molecule is CN1CCC(CN(C)Cc2cnc(-c3ccccc3)[nH]2)CC1.O=C(O)C(F)(F)F.O=C(O)C(F)(F)F. The zero-order valence-corrected chi connectivity index (χ0v) is 19.6. The summed E-state index contributed by atoms with van der Waals surface area (Å²) in [6.07, 6.45) is -5.56. The van der Waals surface area contributed by atoms with Gasteiger partial charge in [0, 0.05) is 30.5 Å². The third-order valence-electron chi connectivity index (χ3n) is 5.01. The standard InChI is InChI=1S/C18H26N4.2C2HF3O2/c1-21-10-8-15(9-11-21)13-22(2)14-17-12-19-18(20-17)16-6-4-3-5-7-16;2*3-2(4,5)1(6)7/h3-7,12,15H,8-11,13-14H2,1-2H3,(H,19,20);2*(H,6,7). The number of alkyl halides is 6. The third-order valence-corrected chi connectivity index (χ3v) is 5.01. The maximum Gasteiger partial charge on any atom is 0.490 e. The number of hydrogen-bond donors (Lipinski definition) is 3. The lowest BCUT2D eigenvalue weighted by atomic mass is 9.97. The molecule has 0 saturated carbocycles. The first-order valence-electron chi connectivity index (χ1n) is 10.7. The Bertz CT molecular complexity index is 918. The van der Waals surface area contributed by atoms with Gasteiger partial charge >= 0.3 is 24.3 Å². The molecule has 3 N–H and O–H groups in total. The molecular weight excluding hydrogens is 498 g/mol. The van der Waals surface area contributed by atoms with Crippen LogP contribution in [0.25, 0.3) is 11.4 Å². The Morgan fingerprint density at radius 3 is 1.94 bits per heavy atom. The van der Waals surface area contributed by atoms with Gasteiger partial charge in [0.05, 0.1) is 0 Å². The number of nitrogens with one attached hydrogen (secondary N) is 1. The summed E-state index contributed by atoms with van der Waals surface area (Å²) in [4.78, 5) is 30.6. The minimum absolute atomic E-state index is 0.831. The van der Waals surface area contributed by atoms with Gasteiger partial charge in [-0.3, -0.25) is 0 Å². The van der Waals surface area contributed by atoms with Crippen molar-refractivity contribution in [2.45, 2.75) is 31.7 Å². The van der Waals surface area contributed by atoms with Gasteiger partial charge in [0.15, 0.2) is 0 Å². The highest BCUT2D eigenvalue weighted by atomic mass is 19.4. The number of carboxylic acid groups (broad SMARTS) is 2. The number of aromatic nitrogens is 2. The number of imidazole rings is 1. The lowest BCUT2D eigenvalue weighted by Crippen LogP contribution is -2.35. The zero-order chi connectivity index (χ0) is 27.5. The molecule has 0 spiro atoms. The first-order valence-corrected chi connectivity index (χ1v) is 10.7. The molecule has 36 heavy (non-hydrogen) atoms. The molecule has 1 saturated heterocycles. The van der Waals surface area contributed by atoms with Gasteiger partial charge in [0.25, 0.3) is 0 Å². The van der Waals surface area contributed by atoms with E-state index in [0.29, 0.717) is 0 Å². The van der Waals surface area contributed by atoms with Crippen LogP contribution in [0.5, 0.6) is 0 Å². The Balaban J connectivity index is 0.000000383. The summed E-state index contributed by atoms with van der Waals surface area (Å²) in [5.74, 6) is -3.72. The third kappa shape index (κ3) is 12.0. The number of nitrogens with zero attached hydrogens (tertiary/aromatic N) is 3. The summed E-state index contributed by atoms with van der Waals surface area (Å²) in [6.45, 7) is 4.58. The second-order valence-corrected chi connectivity index (χ2v) is 8.17. The molecule has 1 aliphatic rings. The van der Waals surface area contributed by atoms with Gasteiger partial charge in [-0.2, -0.15) is 26.3 Å². The number of likely N-dealkylation sites (tertiary alicyclic amines) is 1. The van der Waals surface area contributed by atoms with E-state index in [4.69, 9.17) is 19.8 Å². The van der Waals surface area contributed by atoms with Crippen molar-refractivity contribution in [3.63, 3.8) is 0 Å². The van der Waals surface area contributed by atoms with E-state index < -0.39 is 24.3 Å². The van der Waals surface area contributed by atoms with E-state index in [9.17, 15) is 26.3 Å². The van der Waals surface area contributed by atoms with Gasteiger partial charge in [0.1, 0.15) is 5.82 Å². The topological polar surface area (TPSA) is 110 Å². The number of carbonyl (C=O) groups is 2. The Morgan fingerprint density at radius 1 is 1.03 bits per heavy atom. The number of aromatic amines is 1. The molecule has 0 aliphatic carbocycles. The molecule has 0 atom stereocenters. The summed E-state index contributed by atoms with van der Waals surface area (Å²) in [7, 11) is 4.43. The predicted molar refractivity (Wildman–Crippen MR) is 118 cm³/mol. The summed E-state index contributed by atoms with van der Waals surface area (Å²) < 4.78 is 63.5. The predicted octanol–water partition coefficient (Wildman–Crippen LogP) is 4.12. The van der Waals surface area contributed by atoms with Crippen molar-refractivity contribution < 1.29 is 46.1 Å². The van der Waals surface area contributed by atoms with E-state index in [1.807, 2.05) is 24.4 Å². The monoisotopic (exact) mass is 526 g/mol. The highest BCUT2D eigenvalue weighted by molar-refractivity contribution is 5.73. The van der Waals surface area contributed by atoms with Gasteiger partial charge in [-0.05, 0) is 45.9 Å². The number of hydrogen-bond acceptors (Lipinski definition) is 5. The van der Waals surface area contributed by atoms with Gasteiger partial charge in [-0.25, -0.2) is 14.6 Å². The van der Waals surface area contributed by atoms with Crippen molar-refractivity contribution in [1.82, 2.24) is 19.8 Å². The molecule has 2 aromatic rings. The van der Waals surface area contributed by atoms with Crippen molar-refractivity contribution >= 4 is 11.9 Å². The summed E-state index contributed by atoms with van der Waals surface area (Å²) in [5.41, 5.74) is 2.33. The van der Waals surface area contributed by atoms with E-state index in [2.05, 4.69) is 46.0 Å². The van der Waals surface area contributed by atoms with Crippen molar-refractivity contribution in [2.24, 2.45) is 5.92 Å². The van der Waals surface area contributed by atoms with Crippen LogP contribution >= 0.6 is 0 Å². The highest BCUT2D eigenvalue weighted by Gasteiger charge is 2.38. The number of benzene rings is 1. The van der Waals surface area contributed by atoms with Crippen molar-refractivity contribution in [3.8, 4) is 11.4 Å². The van der Waals surface area contributed by atoms with Gasteiger partial charge in [-0.15, -0.1) is 0 Å². The molecule has 14 heteroatoms. The zero-order valence-electron chi connectivity index (χ0n) is 19.6. The second-order valence-electron chi connectivity index (χ2n) is 8.17. The quantitative estimate of drug-likeness (QED) is 0.503. The van der Waals surface area contributed by atoms with Gasteiger partial charge in [-0.1, -0.05) is 30.3 Å². The fraction of sp³-hybridized carbons (Fsp3) is 0.500. The largest absolute Gasteiger partial charge is 0.490 e. The minimum atomic E-state index is -5.08. The Kier molecular flexibility index (Phi) is 11.9. The van der Waals surface area contributed by atoms with Crippen molar-refractivity contribution in [3.05, 3.63) is 42.2 Å². The molecule has 3 rings (SSSR count). The van der Waals surface area contributed by atoms with E-state index >= 15 is 0 Å². The molecule has 0 amide bonds. The van der Waals surface area contributed by atoms with Gasteiger partial charge in [0.2, 0.25) is 0 Å². The van der Waals surface area contributed by atoms with Crippen LogP contribution in [0.4, 0.5) is 26.3 Å². The fourth-order valence-corrected chi connectivity index (χ4v) is 3.22. The van der Waals surface area contributed by atoms with Crippen LogP contribution < -0.4 is 0 Å². The van der Waals surface area contributed by atoms with Crippen LogP contribution in [0.1, 0.15) is 18.5 Å². The normalized spacial score (nSPS) is 14.9. The van der Waals surface area contributed by atoms with E-state index in [0.717, 1.165) is 23.9 Å². The average Bonchev–Trinajstić information content (AvgIpc) is 3.24. The average molecular weight is 526 g/mol. The molecule has 1 aromatic carbocycles. The number of carboxylic acids is 2. The molecule has 2 heterocycles. The number of H-pyrrole nitrogens is 1. The lowest BCUT2D eigenvalue weighted by molar-refractivity contribution is -0.193. The first kappa shape index (κ1) is 30.9. The van der Waals surface area contributed by atoms with Crippen molar-refractivity contribution in [1.29, 1.82) is 0 Å². The van der Waals surface area contributed by atoms with E-state index in [1.54, 1.807) is 0 Å². The van der Waals surface area contributed by atoms with Crippen LogP contribution in [-0.4, -0.2) is 88.0 Å². The molecular formula is C22H28F6N4O4. The Hall–Kier alpha value is -3.13. The van der Waals surface area contributed by atoms with E-state index in [-0.39, 0.29) is 0 Å². The highest BCUT2D eigenvalue weighted by Crippen LogP contribution is 2.19. The fourth-order valence-electron chi connectivity index (χ4n) is 3.22. The summed E-state index contributed by atoms with van der Waals surface area (Å²) in [5, 5.41) is 14.2. The smallest absolute Gasteiger partial charge is 0.475 e. The van der Waals surface area contributed by atoms with Crippen LogP contribution in [0.15, 0.2) is 36.5 Å². The molecule has 202 valence electrons. The number of aliphatic carboxylic acids is 2. The number of rotatable bonds is 5. The molecule has 0 unspecified atom stereocenters. The van der Waals surface area contributed by atoms with Crippen LogP contribution in [0.3, 0.4) is 0 Å². The second kappa shape index (κ2) is 13.8. The minimum Gasteiger partial charge on any atom is -0.475 e. The molecule has 0 bridgehead atoms. The number of halogens is 6. The molecule has 1 aromatic heterocycles. The molecule has 1 fully saturated rings. The van der Waals surface area contributed by atoms with Crippen molar-refractivity contribution in [2.75, 3.05) is 33.7 Å². The number of piperidine rings is 1. The maximum absolute atomic E-state index is 10.6. The first-order chi connectivity index (χ1) is 16.6. The Labute approximate surface area is 203 Å². The van der Waals surface area contributed by atoms with Crippen LogP contribution in [0.2, 0.25) is 0 Å². The Morgan fingerprint density at radius 2 is 1.50 bits per heavy atom. The molecule has 0 radical (unpaired) electrons. The van der Waals surface area contributed by atoms with Crippen LogP contribution in [0, 0.1) is 5.92 Å². The summed E-state index contributed by atoms with van der Waals surface area (Å²) in [6, 6.07) is 10.3. The maximum atomic E-state index is 10.6. The van der Waals surface area contributed by atoms with Crippen LogP contribution in [-0.2, 0) is 16.1 Å². The lowest BCUT2D eigenvalue weighted by Gasteiger charge is -2.31. The van der Waals surface area contributed by atoms with Gasteiger partial charge < -0.3 is 25.0 Å².